The lowest BCUT2D eigenvalue weighted by molar-refractivity contribution is 0.00534. The number of fused-ring (bicyclic) bond motifs is 1. The molecule has 1 saturated heterocycles. The van der Waals surface area contributed by atoms with Gasteiger partial charge in [0, 0.05) is 25.9 Å². The maximum atomic E-state index is 12.8. The van der Waals surface area contributed by atoms with Gasteiger partial charge < -0.3 is 4.74 Å². The van der Waals surface area contributed by atoms with E-state index in [0.29, 0.717) is 48.6 Å². The van der Waals surface area contributed by atoms with E-state index in [4.69, 9.17) is 4.74 Å². The standard InChI is InChI=1S/C21H23NO4S/c1-15-12-16(2)20-18(13-15)19(23)14-21(26-20)8-10-22(11-9-21)27(24,25)17-6-4-3-5-7-17/h3-7,12-13H,8-11,14H2,1-2H3. The van der Waals surface area contributed by atoms with Gasteiger partial charge in [0.15, 0.2) is 5.78 Å². The molecule has 1 spiro atoms. The number of sulfonamides is 1. The van der Waals surface area contributed by atoms with Gasteiger partial charge in [0.1, 0.15) is 11.4 Å². The molecule has 0 aromatic heterocycles. The van der Waals surface area contributed by atoms with Crippen LogP contribution in [0.5, 0.6) is 5.75 Å². The molecule has 0 amide bonds. The Hall–Kier alpha value is -2.18. The van der Waals surface area contributed by atoms with Gasteiger partial charge in [-0.25, -0.2) is 8.42 Å². The Kier molecular flexibility index (Phi) is 4.35. The number of hydrogen-bond acceptors (Lipinski definition) is 4. The first-order chi connectivity index (χ1) is 12.8. The normalized spacial score (nSPS) is 19.6. The summed E-state index contributed by atoms with van der Waals surface area (Å²) in [6.07, 6.45) is 1.33. The van der Waals surface area contributed by atoms with E-state index in [0.717, 1.165) is 11.1 Å². The highest BCUT2D eigenvalue weighted by Crippen LogP contribution is 2.42. The maximum absolute atomic E-state index is 12.8. The number of ether oxygens (including phenoxy) is 1. The summed E-state index contributed by atoms with van der Waals surface area (Å²) in [5, 5.41) is 0. The Morgan fingerprint density at radius 1 is 1.04 bits per heavy atom. The molecule has 5 nitrogen and oxygen atoms in total. The first kappa shape index (κ1) is 18.2. The second-order valence-electron chi connectivity index (χ2n) is 7.56. The predicted molar refractivity (Wildman–Crippen MR) is 103 cm³/mol. The molecule has 2 aliphatic heterocycles. The number of piperidine rings is 1. The third-order valence-corrected chi connectivity index (χ3v) is 7.45. The van der Waals surface area contributed by atoms with Crippen LogP contribution in [-0.2, 0) is 10.0 Å². The fourth-order valence-electron chi connectivity index (χ4n) is 4.09. The molecule has 0 unspecified atom stereocenters. The van der Waals surface area contributed by atoms with Crippen molar-refractivity contribution in [3.05, 3.63) is 59.2 Å². The van der Waals surface area contributed by atoms with E-state index in [1.165, 1.54) is 4.31 Å². The van der Waals surface area contributed by atoms with Crippen LogP contribution in [0.1, 0.15) is 40.7 Å². The Labute approximate surface area is 160 Å². The molecule has 0 atom stereocenters. The van der Waals surface area contributed by atoms with Gasteiger partial charge in [-0.15, -0.1) is 0 Å². The fraction of sp³-hybridized carbons (Fsp3) is 0.381. The summed E-state index contributed by atoms with van der Waals surface area (Å²) in [5.74, 6) is 0.749. The molecule has 1 fully saturated rings. The van der Waals surface area contributed by atoms with Crippen LogP contribution in [0, 0.1) is 13.8 Å². The summed E-state index contributed by atoms with van der Waals surface area (Å²) in [6.45, 7) is 4.63. The van der Waals surface area contributed by atoms with Gasteiger partial charge in [0.25, 0.3) is 0 Å². The summed E-state index contributed by atoms with van der Waals surface area (Å²) < 4.78 is 33.5. The topological polar surface area (TPSA) is 63.7 Å². The first-order valence-electron chi connectivity index (χ1n) is 9.19. The largest absolute Gasteiger partial charge is 0.486 e. The highest BCUT2D eigenvalue weighted by atomic mass is 32.2. The molecule has 27 heavy (non-hydrogen) atoms. The van der Waals surface area contributed by atoms with Gasteiger partial charge in [-0.3, -0.25) is 4.79 Å². The van der Waals surface area contributed by atoms with Crippen LogP contribution in [0.3, 0.4) is 0 Å². The van der Waals surface area contributed by atoms with Crippen molar-refractivity contribution in [2.75, 3.05) is 13.1 Å². The lowest BCUT2D eigenvalue weighted by Gasteiger charge is -2.44. The Morgan fingerprint density at radius 3 is 2.37 bits per heavy atom. The van der Waals surface area contributed by atoms with Crippen molar-refractivity contribution in [2.24, 2.45) is 0 Å². The van der Waals surface area contributed by atoms with Crippen molar-refractivity contribution in [3.63, 3.8) is 0 Å². The summed E-state index contributed by atoms with van der Waals surface area (Å²) >= 11 is 0. The second-order valence-corrected chi connectivity index (χ2v) is 9.50. The van der Waals surface area contributed by atoms with Gasteiger partial charge in [-0.05, 0) is 43.2 Å². The Morgan fingerprint density at radius 2 is 1.70 bits per heavy atom. The summed E-state index contributed by atoms with van der Waals surface area (Å²) in [4.78, 5) is 13.1. The summed E-state index contributed by atoms with van der Waals surface area (Å²) in [6, 6.07) is 12.4. The third-order valence-electron chi connectivity index (χ3n) is 5.54. The molecule has 0 radical (unpaired) electrons. The van der Waals surface area contributed by atoms with Crippen molar-refractivity contribution < 1.29 is 17.9 Å². The van der Waals surface area contributed by atoms with E-state index < -0.39 is 15.6 Å². The van der Waals surface area contributed by atoms with Crippen LogP contribution >= 0.6 is 0 Å². The molecule has 0 saturated carbocycles. The molecule has 0 N–H and O–H groups in total. The van der Waals surface area contributed by atoms with Gasteiger partial charge in [0.2, 0.25) is 10.0 Å². The van der Waals surface area contributed by atoms with Crippen LogP contribution < -0.4 is 4.74 Å². The average Bonchev–Trinajstić information content (AvgIpc) is 2.64. The minimum absolute atomic E-state index is 0.0856. The quantitative estimate of drug-likeness (QED) is 0.794. The lowest BCUT2D eigenvalue weighted by atomic mass is 9.82. The van der Waals surface area contributed by atoms with Crippen LogP contribution in [0.2, 0.25) is 0 Å². The smallest absolute Gasteiger partial charge is 0.243 e. The third kappa shape index (κ3) is 3.17. The van der Waals surface area contributed by atoms with E-state index in [2.05, 4.69) is 0 Å². The van der Waals surface area contributed by atoms with E-state index in [1.807, 2.05) is 26.0 Å². The highest BCUT2D eigenvalue weighted by Gasteiger charge is 2.45. The minimum Gasteiger partial charge on any atom is -0.486 e. The number of ketones is 1. The maximum Gasteiger partial charge on any atom is 0.243 e. The Bertz CT molecular complexity index is 990. The monoisotopic (exact) mass is 385 g/mol. The molecule has 2 aliphatic rings. The van der Waals surface area contributed by atoms with Gasteiger partial charge in [-0.2, -0.15) is 4.31 Å². The number of nitrogens with zero attached hydrogens (tertiary/aromatic N) is 1. The molecule has 2 aromatic rings. The zero-order valence-electron chi connectivity index (χ0n) is 15.6. The lowest BCUT2D eigenvalue weighted by Crippen LogP contribution is -2.52. The van der Waals surface area contributed by atoms with Crippen molar-refractivity contribution in [1.29, 1.82) is 0 Å². The number of hydrogen-bond donors (Lipinski definition) is 0. The van der Waals surface area contributed by atoms with Crippen molar-refractivity contribution in [2.45, 2.75) is 43.6 Å². The molecular weight excluding hydrogens is 362 g/mol. The van der Waals surface area contributed by atoms with Crippen molar-refractivity contribution in [3.8, 4) is 5.75 Å². The summed E-state index contributed by atoms with van der Waals surface area (Å²) in [7, 11) is -3.51. The van der Waals surface area contributed by atoms with E-state index in [9.17, 15) is 13.2 Å². The van der Waals surface area contributed by atoms with Crippen LogP contribution in [0.15, 0.2) is 47.4 Å². The van der Waals surface area contributed by atoms with E-state index in [1.54, 1.807) is 30.3 Å². The Balaban J connectivity index is 1.56. The van der Waals surface area contributed by atoms with Gasteiger partial charge in [0.05, 0.1) is 16.9 Å². The molecule has 6 heteroatoms. The van der Waals surface area contributed by atoms with Crippen LogP contribution in [0.25, 0.3) is 0 Å². The second kappa shape index (κ2) is 6.46. The van der Waals surface area contributed by atoms with E-state index >= 15 is 0 Å². The van der Waals surface area contributed by atoms with E-state index in [-0.39, 0.29) is 5.78 Å². The summed E-state index contributed by atoms with van der Waals surface area (Å²) in [5.41, 5.74) is 2.05. The van der Waals surface area contributed by atoms with Gasteiger partial charge >= 0.3 is 0 Å². The fourth-order valence-corrected chi connectivity index (χ4v) is 5.55. The SMILES string of the molecule is Cc1cc(C)c2c(c1)C(=O)CC1(CCN(S(=O)(=O)c3ccccc3)CC1)O2. The molecule has 2 aromatic carbocycles. The number of carbonyl (C=O) groups excluding carboxylic acids is 1. The molecule has 2 heterocycles. The molecular formula is C21H23NO4S. The number of Topliss-reactive ketones (excluding diaryl/α,β-unsaturated/α-hetero) is 1. The first-order valence-corrected chi connectivity index (χ1v) is 10.6. The predicted octanol–water partition coefficient (Wildman–Crippen LogP) is 3.49. The molecule has 142 valence electrons. The number of aryl methyl sites for hydroxylation is 2. The number of carbonyl (C=O) groups is 1. The molecule has 0 bridgehead atoms. The minimum atomic E-state index is -3.51. The number of benzene rings is 2. The average molecular weight is 385 g/mol. The van der Waals surface area contributed by atoms with Crippen molar-refractivity contribution >= 4 is 15.8 Å². The van der Waals surface area contributed by atoms with Crippen molar-refractivity contribution in [1.82, 2.24) is 4.31 Å². The van der Waals surface area contributed by atoms with Crippen LogP contribution in [-0.4, -0.2) is 37.2 Å². The molecule has 0 aliphatic carbocycles. The van der Waals surface area contributed by atoms with Gasteiger partial charge in [-0.1, -0.05) is 24.3 Å². The zero-order valence-corrected chi connectivity index (χ0v) is 16.4. The zero-order chi connectivity index (χ0) is 19.2. The highest BCUT2D eigenvalue weighted by molar-refractivity contribution is 7.89. The van der Waals surface area contributed by atoms with Crippen LogP contribution in [0.4, 0.5) is 0 Å². The number of rotatable bonds is 2. The molecule has 4 rings (SSSR count).